The molecule has 6 heteroatoms. The molecular formula is C15H29N3OS2. The van der Waals surface area contributed by atoms with Crippen LogP contribution in [-0.4, -0.2) is 70.3 Å². The number of nitrogens with zero attached hydrogens (tertiary/aromatic N) is 2. The molecule has 0 aromatic heterocycles. The van der Waals surface area contributed by atoms with Gasteiger partial charge in [0.05, 0.1) is 12.1 Å². The van der Waals surface area contributed by atoms with Crippen molar-refractivity contribution in [1.29, 1.82) is 0 Å². The monoisotopic (exact) mass is 331 g/mol. The minimum Gasteiger partial charge on any atom is -0.387 e. The average molecular weight is 332 g/mol. The number of thioether (sulfide) groups is 2. The third kappa shape index (κ3) is 4.96. The Balaban J connectivity index is 1.99. The summed E-state index contributed by atoms with van der Waals surface area (Å²) in [6.45, 7) is 10.2. The molecule has 0 bridgehead atoms. The molecule has 0 spiro atoms. The molecule has 2 unspecified atom stereocenters. The molecule has 0 aromatic carbocycles. The van der Waals surface area contributed by atoms with Crippen LogP contribution in [0.4, 0.5) is 0 Å². The lowest BCUT2D eigenvalue weighted by Crippen LogP contribution is -2.49. The number of aliphatic imine (C=N–C) groups is 1. The first kappa shape index (κ1) is 17.3. The minimum atomic E-state index is -0.590. The van der Waals surface area contributed by atoms with Crippen LogP contribution in [-0.2, 0) is 0 Å². The zero-order chi connectivity index (χ0) is 15.3. The van der Waals surface area contributed by atoms with Gasteiger partial charge in [-0.25, -0.2) is 0 Å². The van der Waals surface area contributed by atoms with E-state index >= 15 is 0 Å². The summed E-state index contributed by atoms with van der Waals surface area (Å²) < 4.78 is 0. The molecular weight excluding hydrogens is 302 g/mol. The van der Waals surface area contributed by atoms with Gasteiger partial charge >= 0.3 is 0 Å². The van der Waals surface area contributed by atoms with E-state index in [0.29, 0.717) is 17.7 Å². The highest BCUT2D eigenvalue weighted by Crippen LogP contribution is 2.28. The first-order valence-electron chi connectivity index (χ1n) is 7.99. The second kappa shape index (κ2) is 7.97. The van der Waals surface area contributed by atoms with E-state index in [0.717, 1.165) is 49.3 Å². The van der Waals surface area contributed by atoms with E-state index in [9.17, 15) is 5.11 Å². The standard InChI is InChI=1S/C15H29N3OS2/c1-4-16-14(17-10-15(19)5-7-20-11-15)18-6-8-21-13(9-18)12(2)3/h12-13,19H,4-11H2,1-3H3,(H,16,17). The molecule has 0 radical (unpaired) electrons. The predicted octanol–water partition coefficient (Wildman–Crippen LogP) is 1.89. The highest BCUT2D eigenvalue weighted by Gasteiger charge is 2.32. The fourth-order valence-corrected chi connectivity index (χ4v) is 5.22. The highest BCUT2D eigenvalue weighted by atomic mass is 32.2. The van der Waals surface area contributed by atoms with E-state index < -0.39 is 5.60 Å². The van der Waals surface area contributed by atoms with Gasteiger partial charge in [0, 0.05) is 36.4 Å². The molecule has 2 N–H and O–H groups in total. The number of hydrogen-bond donors (Lipinski definition) is 2. The third-order valence-corrected chi connectivity index (χ3v) is 6.85. The van der Waals surface area contributed by atoms with Gasteiger partial charge in [-0.05, 0) is 25.0 Å². The fraction of sp³-hybridized carbons (Fsp3) is 0.933. The average Bonchev–Trinajstić information content (AvgIpc) is 2.91. The SMILES string of the molecule is CCNC(=NCC1(O)CCSC1)N1CCSC(C(C)C)C1. The van der Waals surface area contributed by atoms with Crippen LogP contribution >= 0.6 is 23.5 Å². The summed E-state index contributed by atoms with van der Waals surface area (Å²) in [6.07, 6.45) is 0.866. The van der Waals surface area contributed by atoms with Gasteiger partial charge in [-0.2, -0.15) is 23.5 Å². The van der Waals surface area contributed by atoms with E-state index in [1.807, 2.05) is 11.8 Å². The maximum absolute atomic E-state index is 10.5. The summed E-state index contributed by atoms with van der Waals surface area (Å²) in [7, 11) is 0. The van der Waals surface area contributed by atoms with E-state index in [-0.39, 0.29) is 0 Å². The lowest BCUT2D eigenvalue weighted by atomic mass is 10.0. The zero-order valence-corrected chi connectivity index (χ0v) is 15.1. The van der Waals surface area contributed by atoms with Crippen LogP contribution in [0.2, 0.25) is 0 Å². The molecule has 2 atom stereocenters. The molecule has 21 heavy (non-hydrogen) atoms. The summed E-state index contributed by atoms with van der Waals surface area (Å²) >= 11 is 3.91. The van der Waals surface area contributed by atoms with Gasteiger partial charge in [0.25, 0.3) is 0 Å². The van der Waals surface area contributed by atoms with Crippen LogP contribution in [0.3, 0.4) is 0 Å². The number of rotatable bonds is 4. The first-order valence-corrected chi connectivity index (χ1v) is 10.2. The van der Waals surface area contributed by atoms with Crippen molar-refractivity contribution in [3.8, 4) is 0 Å². The van der Waals surface area contributed by atoms with Crippen molar-refractivity contribution < 1.29 is 5.11 Å². The Morgan fingerprint density at radius 2 is 2.29 bits per heavy atom. The predicted molar refractivity (Wildman–Crippen MR) is 95.5 cm³/mol. The largest absolute Gasteiger partial charge is 0.387 e. The first-order chi connectivity index (χ1) is 10.0. The van der Waals surface area contributed by atoms with Crippen molar-refractivity contribution in [2.75, 3.05) is 43.4 Å². The van der Waals surface area contributed by atoms with Gasteiger partial charge in [-0.1, -0.05) is 13.8 Å². The zero-order valence-electron chi connectivity index (χ0n) is 13.5. The molecule has 4 nitrogen and oxygen atoms in total. The molecule has 2 fully saturated rings. The van der Waals surface area contributed by atoms with Gasteiger partial charge in [0.1, 0.15) is 0 Å². The molecule has 2 rings (SSSR count). The molecule has 2 aliphatic heterocycles. The summed E-state index contributed by atoms with van der Waals surface area (Å²) in [4.78, 5) is 7.11. The van der Waals surface area contributed by atoms with Crippen molar-refractivity contribution in [3.05, 3.63) is 0 Å². The summed E-state index contributed by atoms with van der Waals surface area (Å²) in [5, 5.41) is 14.5. The van der Waals surface area contributed by atoms with E-state index in [4.69, 9.17) is 4.99 Å². The molecule has 122 valence electrons. The minimum absolute atomic E-state index is 0.526. The van der Waals surface area contributed by atoms with Gasteiger partial charge in [-0.3, -0.25) is 4.99 Å². The van der Waals surface area contributed by atoms with E-state index in [1.54, 1.807) is 0 Å². The topological polar surface area (TPSA) is 47.9 Å². The Kier molecular flexibility index (Phi) is 6.56. The van der Waals surface area contributed by atoms with Crippen LogP contribution in [0, 0.1) is 5.92 Å². The summed E-state index contributed by atoms with van der Waals surface area (Å²) in [6, 6.07) is 0. The molecule has 0 amide bonds. The second-order valence-electron chi connectivity index (χ2n) is 6.30. The Labute approximate surface area is 137 Å². The molecule has 2 saturated heterocycles. The summed E-state index contributed by atoms with van der Waals surface area (Å²) in [5.74, 6) is 4.70. The number of aliphatic hydroxyl groups is 1. The quantitative estimate of drug-likeness (QED) is 0.608. The maximum Gasteiger partial charge on any atom is 0.194 e. The molecule has 2 heterocycles. The molecule has 2 aliphatic rings. The van der Waals surface area contributed by atoms with Gasteiger partial charge < -0.3 is 15.3 Å². The Bertz CT molecular complexity index is 357. The Morgan fingerprint density at radius 1 is 1.48 bits per heavy atom. The normalized spacial score (nSPS) is 31.0. The van der Waals surface area contributed by atoms with Gasteiger partial charge in [-0.15, -0.1) is 0 Å². The molecule has 0 aromatic rings. The van der Waals surface area contributed by atoms with Crippen molar-refractivity contribution in [1.82, 2.24) is 10.2 Å². The van der Waals surface area contributed by atoms with Crippen LogP contribution in [0.25, 0.3) is 0 Å². The van der Waals surface area contributed by atoms with Crippen LogP contribution in [0.1, 0.15) is 27.2 Å². The number of nitrogens with one attached hydrogen (secondary N) is 1. The van der Waals surface area contributed by atoms with Crippen LogP contribution in [0.15, 0.2) is 4.99 Å². The summed E-state index contributed by atoms with van der Waals surface area (Å²) in [5.41, 5.74) is -0.590. The second-order valence-corrected chi connectivity index (χ2v) is 8.75. The van der Waals surface area contributed by atoms with Crippen LogP contribution < -0.4 is 5.32 Å². The lowest BCUT2D eigenvalue weighted by Gasteiger charge is -2.36. The fourth-order valence-electron chi connectivity index (χ4n) is 2.64. The van der Waals surface area contributed by atoms with Crippen molar-refractivity contribution in [2.45, 2.75) is 38.0 Å². The van der Waals surface area contributed by atoms with Gasteiger partial charge in [0.2, 0.25) is 0 Å². The van der Waals surface area contributed by atoms with Crippen molar-refractivity contribution in [2.24, 2.45) is 10.9 Å². The van der Waals surface area contributed by atoms with Crippen molar-refractivity contribution >= 4 is 29.5 Å². The third-order valence-electron chi connectivity index (χ3n) is 4.08. The lowest BCUT2D eigenvalue weighted by molar-refractivity contribution is 0.0775. The van der Waals surface area contributed by atoms with E-state index in [1.165, 1.54) is 0 Å². The number of guanidine groups is 1. The smallest absolute Gasteiger partial charge is 0.194 e. The van der Waals surface area contributed by atoms with Crippen LogP contribution in [0.5, 0.6) is 0 Å². The Morgan fingerprint density at radius 3 is 2.90 bits per heavy atom. The molecule has 0 aliphatic carbocycles. The molecule has 0 saturated carbocycles. The van der Waals surface area contributed by atoms with E-state index in [2.05, 4.69) is 42.7 Å². The van der Waals surface area contributed by atoms with Crippen molar-refractivity contribution in [3.63, 3.8) is 0 Å². The Hall–Kier alpha value is -0.0700. The number of hydrogen-bond acceptors (Lipinski definition) is 4. The maximum atomic E-state index is 10.5. The van der Waals surface area contributed by atoms with Gasteiger partial charge in [0.15, 0.2) is 5.96 Å². The highest BCUT2D eigenvalue weighted by molar-refractivity contribution is 8.00.